The third kappa shape index (κ3) is 5.01. The molecule has 0 spiro atoms. The van der Waals surface area contributed by atoms with Crippen molar-refractivity contribution < 1.29 is 4.74 Å². The van der Waals surface area contributed by atoms with E-state index in [1.54, 1.807) is 7.11 Å². The molecule has 3 nitrogen and oxygen atoms in total. The van der Waals surface area contributed by atoms with Crippen LogP contribution in [0.3, 0.4) is 0 Å². The van der Waals surface area contributed by atoms with Crippen LogP contribution < -0.4 is 0 Å². The van der Waals surface area contributed by atoms with Gasteiger partial charge in [-0.25, -0.2) is 9.97 Å². The summed E-state index contributed by atoms with van der Waals surface area (Å²) >= 11 is 0. The first-order valence-corrected chi connectivity index (χ1v) is 9.87. The SMILES string of the molecule is CCCc1cnc(-c2ccc([C@H]3CC[C@H](/C=C/COC)CC3)cc2)nc1. The number of nitrogens with zero attached hydrogens (tertiary/aromatic N) is 2. The van der Waals surface area contributed by atoms with Crippen molar-refractivity contribution in [3.8, 4) is 11.4 Å². The standard InChI is InChI=1S/C23H30N2O/c1-3-5-19-16-24-23(25-17-19)22-13-11-21(12-14-22)20-9-7-18(8-10-20)6-4-15-26-2/h4,6,11-14,16-18,20H,3,5,7-10,15H2,1-2H3/b6-4+/t18-,20-. The van der Waals surface area contributed by atoms with Crippen LogP contribution in [-0.4, -0.2) is 23.7 Å². The molecule has 0 aliphatic heterocycles. The Labute approximate surface area is 157 Å². The molecule has 1 heterocycles. The average Bonchev–Trinajstić information content (AvgIpc) is 2.70. The van der Waals surface area contributed by atoms with Gasteiger partial charge in [-0.2, -0.15) is 0 Å². The number of allylic oxidation sites excluding steroid dienone is 1. The molecule has 1 saturated carbocycles. The largest absolute Gasteiger partial charge is 0.381 e. The van der Waals surface area contributed by atoms with Gasteiger partial charge in [0.2, 0.25) is 0 Å². The van der Waals surface area contributed by atoms with E-state index in [2.05, 4.69) is 53.3 Å². The number of aryl methyl sites for hydroxylation is 1. The lowest BCUT2D eigenvalue weighted by Gasteiger charge is -2.27. The quantitative estimate of drug-likeness (QED) is 0.612. The molecule has 138 valence electrons. The van der Waals surface area contributed by atoms with Gasteiger partial charge in [0.25, 0.3) is 0 Å². The van der Waals surface area contributed by atoms with Crippen LogP contribution in [0.25, 0.3) is 11.4 Å². The number of benzene rings is 1. The summed E-state index contributed by atoms with van der Waals surface area (Å²) in [4.78, 5) is 9.05. The summed E-state index contributed by atoms with van der Waals surface area (Å²) in [7, 11) is 1.75. The maximum Gasteiger partial charge on any atom is 0.159 e. The summed E-state index contributed by atoms with van der Waals surface area (Å²) in [5.41, 5.74) is 3.77. The molecule has 1 aromatic carbocycles. The van der Waals surface area contributed by atoms with Gasteiger partial charge < -0.3 is 4.74 Å². The summed E-state index contributed by atoms with van der Waals surface area (Å²) in [5.74, 6) is 2.23. The number of hydrogen-bond donors (Lipinski definition) is 0. The summed E-state index contributed by atoms with van der Waals surface area (Å²) in [6.07, 6.45) is 15.7. The molecule has 1 aliphatic rings. The van der Waals surface area contributed by atoms with Crippen molar-refractivity contribution in [2.45, 2.75) is 51.4 Å². The molecule has 1 aromatic heterocycles. The zero-order valence-corrected chi connectivity index (χ0v) is 16.0. The number of aromatic nitrogens is 2. The summed E-state index contributed by atoms with van der Waals surface area (Å²) in [6.45, 7) is 2.90. The normalized spacial score (nSPS) is 20.5. The summed E-state index contributed by atoms with van der Waals surface area (Å²) in [5, 5.41) is 0. The third-order valence-electron chi connectivity index (χ3n) is 5.33. The molecule has 0 saturated heterocycles. The van der Waals surface area contributed by atoms with Crippen molar-refractivity contribution in [2.24, 2.45) is 5.92 Å². The van der Waals surface area contributed by atoms with E-state index in [0.717, 1.165) is 36.8 Å². The van der Waals surface area contributed by atoms with Gasteiger partial charge in [-0.05, 0) is 55.1 Å². The van der Waals surface area contributed by atoms with Crippen LogP contribution in [0, 0.1) is 5.92 Å². The Bertz CT molecular complexity index is 683. The zero-order valence-electron chi connectivity index (χ0n) is 16.0. The smallest absolute Gasteiger partial charge is 0.159 e. The minimum absolute atomic E-state index is 0.684. The first-order chi connectivity index (χ1) is 12.8. The number of methoxy groups -OCH3 is 1. The molecule has 3 heteroatoms. The fraction of sp³-hybridized carbons (Fsp3) is 0.478. The van der Waals surface area contributed by atoms with Gasteiger partial charge in [0.1, 0.15) is 0 Å². The third-order valence-corrected chi connectivity index (χ3v) is 5.33. The Morgan fingerprint density at radius 2 is 1.73 bits per heavy atom. The summed E-state index contributed by atoms with van der Waals surface area (Å²) < 4.78 is 5.09. The van der Waals surface area contributed by atoms with Gasteiger partial charge in [-0.15, -0.1) is 0 Å². The van der Waals surface area contributed by atoms with E-state index in [9.17, 15) is 0 Å². The molecule has 0 N–H and O–H groups in total. The van der Waals surface area contributed by atoms with Crippen molar-refractivity contribution >= 4 is 0 Å². The molecule has 0 unspecified atom stereocenters. The highest BCUT2D eigenvalue weighted by Crippen LogP contribution is 2.36. The van der Waals surface area contributed by atoms with Gasteiger partial charge in [0, 0.05) is 25.1 Å². The molecule has 1 fully saturated rings. The maximum absolute atomic E-state index is 5.09. The second kappa shape index (κ2) is 9.63. The average molecular weight is 351 g/mol. The Hall–Kier alpha value is -2.00. The lowest BCUT2D eigenvalue weighted by Crippen LogP contribution is -2.11. The predicted octanol–water partition coefficient (Wildman–Crippen LogP) is 5.57. The number of hydrogen-bond acceptors (Lipinski definition) is 3. The van der Waals surface area contributed by atoms with E-state index < -0.39 is 0 Å². The van der Waals surface area contributed by atoms with Gasteiger partial charge in [0.05, 0.1) is 6.61 Å². The van der Waals surface area contributed by atoms with Crippen LogP contribution in [0.4, 0.5) is 0 Å². The minimum Gasteiger partial charge on any atom is -0.381 e. The molecule has 1 aliphatic carbocycles. The molecule has 0 atom stereocenters. The van der Waals surface area contributed by atoms with Crippen molar-refractivity contribution in [3.05, 3.63) is 59.9 Å². The van der Waals surface area contributed by atoms with Crippen molar-refractivity contribution in [1.82, 2.24) is 9.97 Å². The first kappa shape index (κ1) is 18.8. The van der Waals surface area contributed by atoms with Crippen LogP contribution in [0.1, 0.15) is 56.1 Å². The van der Waals surface area contributed by atoms with Gasteiger partial charge in [0.15, 0.2) is 5.82 Å². The van der Waals surface area contributed by atoms with Crippen LogP contribution in [-0.2, 0) is 11.2 Å². The van der Waals surface area contributed by atoms with E-state index in [1.807, 2.05) is 12.4 Å². The molecule has 0 radical (unpaired) electrons. The van der Waals surface area contributed by atoms with Gasteiger partial charge in [-0.3, -0.25) is 0 Å². The maximum atomic E-state index is 5.09. The van der Waals surface area contributed by atoms with E-state index in [1.165, 1.54) is 36.8 Å². The lowest BCUT2D eigenvalue weighted by atomic mass is 9.78. The van der Waals surface area contributed by atoms with Crippen LogP contribution >= 0.6 is 0 Å². The monoisotopic (exact) mass is 350 g/mol. The highest BCUT2D eigenvalue weighted by molar-refractivity contribution is 5.55. The Balaban J connectivity index is 1.58. The van der Waals surface area contributed by atoms with E-state index in [4.69, 9.17) is 4.74 Å². The lowest BCUT2D eigenvalue weighted by molar-refractivity contribution is 0.233. The number of rotatable bonds is 7. The molecule has 26 heavy (non-hydrogen) atoms. The van der Waals surface area contributed by atoms with Crippen LogP contribution in [0.2, 0.25) is 0 Å². The van der Waals surface area contributed by atoms with E-state index in [-0.39, 0.29) is 0 Å². The van der Waals surface area contributed by atoms with Gasteiger partial charge >= 0.3 is 0 Å². The van der Waals surface area contributed by atoms with Crippen molar-refractivity contribution in [3.63, 3.8) is 0 Å². The molecule has 3 rings (SSSR count). The van der Waals surface area contributed by atoms with Crippen molar-refractivity contribution in [1.29, 1.82) is 0 Å². The molecular formula is C23H30N2O. The van der Waals surface area contributed by atoms with E-state index >= 15 is 0 Å². The summed E-state index contributed by atoms with van der Waals surface area (Å²) in [6, 6.07) is 8.89. The predicted molar refractivity (Wildman–Crippen MR) is 107 cm³/mol. The number of ether oxygens (including phenoxy) is 1. The van der Waals surface area contributed by atoms with Crippen LogP contribution in [0.15, 0.2) is 48.8 Å². The van der Waals surface area contributed by atoms with Gasteiger partial charge in [-0.1, -0.05) is 49.8 Å². The highest BCUT2D eigenvalue weighted by Gasteiger charge is 2.20. The second-order valence-corrected chi connectivity index (χ2v) is 7.28. The molecule has 2 aromatic rings. The highest BCUT2D eigenvalue weighted by atomic mass is 16.5. The minimum atomic E-state index is 0.684. The fourth-order valence-electron chi connectivity index (χ4n) is 3.82. The molecule has 0 bridgehead atoms. The van der Waals surface area contributed by atoms with E-state index in [0.29, 0.717) is 5.92 Å². The topological polar surface area (TPSA) is 35.0 Å². The molecular weight excluding hydrogens is 320 g/mol. The molecule has 0 amide bonds. The first-order valence-electron chi connectivity index (χ1n) is 9.87. The van der Waals surface area contributed by atoms with Crippen LogP contribution in [0.5, 0.6) is 0 Å². The Kier molecular flexibility index (Phi) is 6.96. The Morgan fingerprint density at radius 3 is 2.35 bits per heavy atom. The fourth-order valence-corrected chi connectivity index (χ4v) is 3.82. The zero-order chi connectivity index (χ0) is 18.2. The second-order valence-electron chi connectivity index (χ2n) is 7.28. The Morgan fingerprint density at radius 1 is 1.04 bits per heavy atom. The van der Waals surface area contributed by atoms with Crippen molar-refractivity contribution in [2.75, 3.05) is 13.7 Å².